The van der Waals surface area contributed by atoms with Crippen LogP contribution in [0.15, 0.2) is 42.5 Å². The molecule has 6 nitrogen and oxygen atoms in total. The summed E-state index contributed by atoms with van der Waals surface area (Å²) in [6.07, 6.45) is 0. The predicted molar refractivity (Wildman–Crippen MR) is 81.9 cm³/mol. The highest BCUT2D eigenvalue weighted by molar-refractivity contribution is 7.80. The summed E-state index contributed by atoms with van der Waals surface area (Å²) < 4.78 is 33.2. The number of para-hydroxylation sites is 2. The van der Waals surface area contributed by atoms with Crippen molar-refractivity contribution in [3.05, 3.63) is 48.0 Å². The highest BCUT2D eigenvalue weighted by Crippen LogP contribution is 2.14. The number of benzene rings is 2. The van der Waals surface area contributed by atoms with Crippen molar-refractivity contribution >= 4 is 32.5 Å². The molecule has 0 aliphatic heterocycles. The number of aromatic nitrogens is 2. The van der Waals surface area contributed by atoms with Crippen LogP contribution in [0.2, 0.25) is 0 Å². The Kier molecular flexibility index (Phi) is 4.70. The standard InChI is InChI=1S/C14H13N2.CH4O4S/c1-10-7-8-12-14(9-10)16(2)13-6-4-3-5-11(13)15-12;1-5-6(2,3)4/h3-9H,1-2H3;1H3,(H,2,3,4)/q+1;/p-1. The van der Waals surface area contributed by atoms with Gasteiger partial charge in [-0.1, -0.05) is 18.2 Å². The second-order valence-corrected chi connectivity index (χ2v) is 5.88. The van der Waals surface area contributed by atoms with Gasteiger partial charge < -0.3 is 4.55 Å². The van der Waals surface area contributed by atoms with Crippen LogP contribution in [0.25, 0.3) is 22.1 Å². The molecule has 0 fully saturated rings. The molecule has 0 N–H and O–H groups in total. The zero-order valence-corrected chi connectivity index (χ0v) is 13.3. The maximum absolute atomic E-state index is 9.22. The lowest BCUT2D eigenvalue weighted by Gasteiger charge is -2.01. The third-order valence-corrected chi connectivity index (χ3v) is 3.59. The Labute approximate surface area is 128 Å². The Morgan fingerprint density at radius 3 is 2.32 bits per heavy atom. The zero-order chi connectivity index (χ0) is 16.3. The third-order valence-electron chi connectivity index (χ3n) is 3.18. The number of aryl methyl sites for hydroxylation is 2. The minimum atomic E-state index is -4.41. The van der Waals surface area contributed by atoms with E-state index in [4.69, 9.17) is 0 Å². The number of rotatable bonds is 1. The summed E-state index contributed by atoms with van der Waals surface area (Å²) in [7, 11) is -1.52. The molecule has 0 bridgehead atoms. The molecule has 116 valence electrons. The lowest BCUT2D eigenvalue weighted by Crippen LogP contribution is -2.30. The van der Waals surface area contributed by atoms with Crippen LogP contribution in [0, 0.1) is 6.92 Å². The van der Waals surface area contributed by atoms with Crippen LogP contribution in [0.3, 0.4) is 0 Å². The number of fused-ring (bicyclic) bond motifs is 2. The van der Waals surface area contributed by atoms with Crippen LogP contribution < -0.4 is 4.57 Å². The molecular weight excluding hydrogens is 304 g/mol. The van der Waals surface area contributed by atoms with Gasteiger partial charge in [0.25, 0.3) is 0 Å². The second-order valence-electron chi connectivity index (χ2n) is 4.73. The summed E-state index contributed by atoms with van der Waals surface area (Å²) in [5.41, 5.74) is 5.70. The number of hydrogen-bond acceptors (Lipinski definition) is 5. The minimum Gasteiger partial charge on any atom is -0.726 e. The van der Waals surface area contributed by atoms with Gasteiger partial charge in [-0.05, 0) is 24.6 Å². The van der Waals surface area contributed by atoms with Crippen molar-refractivity contribution in [2.24, 2.45) is 7.05 Å². The van der Waals surface area contributed by atoms with Crippen LogP contribution in [0.5, 0.6) is 0 Å². The van der Waals surface area contributed by atoms with Gasteiger partial charge in [0.2, 0.25) is 21.4 Å². The Bertz CT molecular complexity index is 923. The smallest absolute Gasteiger partial charge is 0.231 e. The van der Waals surface area contributed by atoms with E-state index in [0.717, 1.165) is 18.1 Å². The molecule has 22 heavy (non-hydrogen) atoms. The van der Waals surface area contributed by atoms with Crippen molar-refractivity contribution in [3.8, 4) is 0 Å². The van der Waals surface area contributed by atoms with Crippen molar-refractivity contribution in [1.82, 2.24) is 4.98 Å². The summed E-state index contributed by atoms with van der Waals surface area (Å²) in [4.78, 5) is 4.66. The first-order valence-corrected chi connectivity index (χ1v) is 7.82. The van der Waals surface area contributed by atoms with Gasteiger partial charge in [0.05, 0.1) is 7.11 Å². The molecule has 0 amide bonds. The van der Waals surface area contributed by atoms with Crippen LogP contribution in [0.4, 0.5) is 0 Å². The monoisotopic (exact) mass is 320 g/mol. The first-order chi connectivity index (χ1) is 10.3. The summed E-state index contributed by atoms with van der Waals surface area (Å²) in [6.45, 7) is 2.11. The van der Waals surface area contributed by atoms with Crippen LogP contribution in [-0.2, 0) is 21.6 Å². The third kappa shape index (κ3) is 3.76. The molecule has 3 rings (SSSR count). The molecule has 0 radical (unpaired) electrons. The highest BCUT2D eigenvalue weighted by atomic mass is 32.3. The lowest BCUT2D eigenvalue weighted by atomic mass is 10.2. The van der Waals surface area contributed by atoms with E-state index in [0.29, 0.717) is 0 Å². The molecule has 0 aliphatic carbocycles. The molecule has 3 aromatic rings. The predicted octanol–water partition coefficient (Wildman–Crippen LogP) is 1.61. The van der Waals surface area contributed by atoms with Gasteiger partial charge in [-0.3, -0.25) is 4.18 Å². The maximum atomic E-state index is 9.22. The molecule has 7 heteroatoms. The average molecular weight is 320 g/mol. The summed E-state index contributed by atoms with van der Waals surface area (Å²) in [6, 6.07) is 14.6. The molecule has 0 unspecified atom stereocenters. The van der Waals surface area contributed by atoms with E-state index in [1.54, 1.807) is 0 Å². The summed E-state index contributed by atoms with van der Waals surface area (Å²) in [5.74, 6) is 0. The molecule has 0 aliphatic rings. The second kappa shape index (κ2) is 6.35. The lowest BCUT2D eigenvalue weighted by molar-refractivity contribution is -0.618. The normalized spacial score (nSPS) is 11.3. The van der Waals surface area contributed by atoms with E-state index in [1.165, 1.54) is 16.6 Å². The van der Waals surface area contributed by atoms with E-state index in [9.17, 15) is 13.0 Å². The summed E-state index contributed by atoms with van der Waals surface area (Å²) in [5, 5.41) is 0. The largest absolute Gasteiger partial charge is 0.726 e. The van der Waals surface area contributed by atoms with Gasteiger partial charge in [-0.25, -0.2) is 13.4 Å². The van der Waals surface area contributed by atoms with E-state index in [1.807, 2.05) is 12.1 Å². The fourth-order valence-electron chi connectivity index (χ4n) is 2.10. The van der Waals surface area contributed by atoms with Crippen molar-refractivity contribution in [2.45, 2.75) is 6.92 Å². The average Bonchev–Trinajstić information content (AvgIpc) is 2.48. The molecule has 1 aromatic heterocycles. The quantitative estimate of drug-likeness (QED) is 0.294. The van der Waals surface area contributed by atoms with E-state index >= 15 is 0 Å². The van der Waals surface area contributed by atoms with Gasteiger partial charge in [0, 0.05) is 12.1 Å². The van der Waals surface area contributed by atoms with Crippen LogP contribution >= 0.6 is 0 Å². The van der Waals surface area contributed by atoms with Gasteiger partial charge in [0.15, 0.2) is 0 Å². The molecular formula is C15H16N2O4S. The van der Waals surface area contributed by atoms with Gasteiger partial charge in [-0.2, -0.15) is 4.57 Å². The molecule has 1 heterocycles. The molecule has 2 aromatic carbocycles. The first kappa shape index (κ1) is 16.3. The van der Waals surface area contributed by atoms with Crippen molar-refractivity contribution < 1.29 is 21.7 Å². The van der Waals surface area contributed by atoms with Crippen molar-refractivity contribution in [2.75, 3.05) is 7.11 Å². The van der Waals surface area contributed by atoms with E-state index in [2.05, 4.69) is 58.0 Å². The zero-order valence-electron chi connectivity index (χ0n) is 12.5. The van der Waals surface area contributed by atoms with Crippen LogP contribution in [0.1, 0.15) is 5.56 Å². The highest BCUT2D eigenvalue weighted by Gasteiger charge is 2.11. The fraction of sp³-hybridized carbons (Fsp3) is 0.200. The van der Waals surface area contributed by atoms with E-state index < -0.39 is 10.4 Å². The minimum absolute atomic E-state index is 0.808. The van der Waals surface area contributed by atoms with E-state index in [-0.39, 0.29) is 0 Å². The number of hydrogen-bond donors (Lipinski definition) is 0. The van der Waals surface area contributed by atoms with Gasteiger partial charge in [-0.15, -0.1) is 0 Å². The molecule has 0 atom stereocenters. The van der Waals surface area contributed by atoms with Gasteiger partial charge in [0.1, 0.15) is 18.1 Å². The first-order valence-electron chi connectivity index (χ1n) is 6.48. The Hall–Kier alpha value is -2.09. The Balaban J connectivity index is 0.000000254. The topological polar surface area (TPSA) is 83.2 Å². The number of nitrogens with zero attached hydrogens (tertiary/aromatic N) is 2. The Morgan fingerprint density at radius 1 is 1.09 bits per heavy atom. The van der Waals surface area contributed by atoms with Crippen molar-refractivity contribution in [3.63, 3.8) is 0 Å². The molecule has 0 saturated heterocycles. The van der Waals surface area contributed by atoms with Gasteiger partial charge >= 0.3 is 0 Å². The molecule has 0 spiro atoms. The fourth-order valence-corrected chi connectivity index (χ4v) is 2.10. The summed E-state index contributed by atoms with van der Waals surface area (Å²) >= 11 is 0. The van der Waals surface area contributed by atoms with Crippen molar-refractivity contribution in [1.29, 1.82) is 0 Å². The maximum Gasteiger partial charge on any atom is 0.231 e. The molecule has 0 saturated carbocycles. The van der Waals surface area contributed by atoms with Crippen LogP contribution in [-0.4, -0.2) is 25.1 Å². The SMILES string of the molecule is COS(=O)(=O)[O-].Cc1ccc2nc3ccccc3[n+](C)c2c1. The Morgan fingerprint density at radius 2 is 1.68 bits per heavy atom.